The van der Waals surface area contributed by atoms with Gasteiger partial charge in [0.05, 0.1) is 11.5 Å². The van der Waals surface area contributed by atoms with Crippen LogP contribution < -0.4 is 16.6 Å². The maximum atomic E-state index is 11.7. The van der Waals surface area contributed by atoms with Gasteiger partial charge in [-0.2, -0.15) is 0 Å². The van der Waals surface area contributed by atoms with Crippen molar-refractivity contribution < 1.29 is 30.5 Å². The van der Waals surface area contributed by atoms with Gasteiger partial charge in [-0.1, -0.05) is 0 Å². The van der Waals surface area contributed by atoms with Crippen molar-refractivity contribution in [2.45, 2.75) is 30.6 Å². The number of hydrogen-bond donors (Lipinski definition) is 7. The Morgan fingerprint density at radius 1 is 1.30 bits per heavy atom. The molecule has 2 rings (SSSR count). The van der Waals surface area contributed by atoms with Crippen molar-refractivity contribution in [2.24, 2.45) is 0 Å². The second-order valence-corrected chi connectivity index (χ2v) is 4.90. The fraction of sp³-hybridized carbons (Fsp3) is 0.600. The first-order chi connectivity index (χ1) is 10.7. The van der Waals surface area contributed by atoms with Crippen molar-refractivity contribution in [3.8, 4) is 0 Å². The Morgan fingerprint density at radius 3 is 2.43 bits per heavy atom. The van der Waals surface area contributed by atoms with Gasteiger partial charge in [-0.3, -0.25) is 19.9 Å². The molecule has 0 radical (unpaired) electrons. The molecule has 13 heteroatoms. The molecule has 0 fully saturated rings. The molecular formula is C10H14N4O9. The molecule has 0 aliphatic carbocycles. The highest BCUT2D eigenvalue weighted by molar-refractivity contribution is 5.58. The van der Waals surface area contributed by atoms with E-state index in [2.05, 4.69) is 5.32 Å². The van der Waals surface area contributed by atoms with Crippen LogP contribution in [0.5, 0.6) is 0 Å². The number of fused-ring (bicyclic) bond motifs is 1. The van der Waals surface area contributed by atoms with E-state index in [-0.39, 0.29) is 0 Å². The summed E-state index contributed by atoms with van der Waals surface area (Å²) in [4.78, 5) is 34.7. The molecule has 7 N–H and O–H groups in total. The minimum Gasteiger partial charge on any atom is -0.394 e. The van der Waals surface area contributed by atoms with Crippen LogP contribution in [0.15, 0.2) is 9.59 Å². The molecular weight excluding hydrogens is 320 g/mol. The van der Waals surface area contributed by atoms with E-state index in [0.717, 1.165) is 0 Å². The molecule has 1 aliphatic heterocycles. The quantitative estimate of drug-likeness (QED) is 0.204. The Labute approximate surface area is 126 Å². The molecule has 1 aromatic heterocycles. The van der Waals surface area contributed by atoms with Gasteiger partial charge in [0, 0.05) is 0 Å². The number of nitro groups is 1. The third kappa shape index (κ3) is 2.71. The first-order valence-corrected chi connectivity index (χ1v) is 6.33. The van der Waals surface area contributed by atoms with Crippen molar-refractivity contribution in [1.29, 1.82) is 0 Å². The van der Waals surface area contributed by atoms with E-state index in [1.54, 1.807) is 4.98 Å². The van der Waals surface area contributed by atoms with E-state index in [9.17, 15) is 40.1 Å². The molecule has 0 saturated carbocycles. The van der Waals surface area contributed by atoms with Gasteiger partial charge in [-0.15, -0.1) is 0 Å². The Morgan fingerprint density at radius 2 is 1.91 bits per heavy atom. The Kier molecular flexibility index (Phi) is 4.49. The van der Waals surface area contributed by atoms with Gasteiger partial charge in [-0.05, 0) is 0 Å². The zero-order valence-electron chi connectivity index (χ0n) is 11.4. The second kappa shape index (κ2) is 6.05. The molecule has 1 aliphatic rings. The van der Waals surface area contributed by atoms with Crippen LogP contribution in [0.3, 0.4) is 0 Å². The summed E-state index contributed by atoms with van der Waals surface area (Å²) in [6, 6.07) is -1.55. The fourth-order valence-corrected chi connectivity index (χ4v) is 2.30. The van der Waals surface area contributed by atoms with E-state index in [1.165, 1.54) is 0 Å². The normalized spacial score (nSPS) is 23.7. The van der Waals surface area contributed by atoms with Crippen molar-refractivity contribution in [3.05, 3.63) is 31.0 Å². The van der Waals surface area contributed by atoms with Gasteiger partial charge >= 0.3 is 16.9 Å². The molecule has 128 valence electrons. The molecule has 23 heavy (non-hydrogen) atoms. The first kappa shape index (κ1) is 17.0. The number of hydrogen-bond acceptors (Lipinski definition) is 10. The number of aromatic amines is 1. The summed E-state index contributed by atoms with van der Waals surface area (Å²) in [6.07, 6.45) is -7.47. The lowest BCUT2D eigenvalue weighted by atomic mass is 10.0. The predicted molar refractivity (Wildman–Crippen MR) is 71.7 cm³/mol. The second-order valence-electron chi connectivity index (χ2n) is 4.90. The number of anilines is 1. The van der Waals surface area contributed by atoms with Gasteiger partial charge < -0.3 is 30.8 Å². The van der Waals surface area contributed by atoms with E-state index in [4.69, 9.17) is 5.11 Å². The largest absolute Gasteiger partial charge is 0.394 e. The van der Waals surface area contributed by atoms with Crippen LogP contribution in [0, 0.1) is 10.1 Å². The molecule has 0 saturated heterocycles. The van der Waals surface area contributed by atoms with Crippen molar-refractivity contribution >= 4 is 11.5 Å². The summed E-state index contributed by atoms with van der Waals surface area (Å²) in [5.41, 5.74) is -3.53. The minimum atomic E-state index is -1.92. The predicted octanol–water partition coefficient (Wildman–Crippen LogP) is -4.20. The molecule has 0 spiro atoms. The van der Waals surface area contributed by atoms with Crippen LogP contribution in [-0.4, -0.2) is 71.0 Å². The van der Waals surface area contributed by atoms with Crippen LogP contribution in [0.4, 0.5) is 11.5 Å². The standard InChI is InChI=1S/C10H14N4O9/c15-1-2(16)5(17)6(18)3-9(20)13-7(11-3)4(14(22)23)8(19)12-10(13)21/h2-3,5-6,9,11,15-18,20H,1H2,(H,12,19,21)/t2-,3-,5-,6-,9+/m0/s1. The van der Waals surface area contributed by atoms with Crippen molar-refractivity contribution in [2.75, 3.05) is 11.9 Å². The van der Waals surface area contributed by atoms with Gasteiger partial charge in [0.1, 0.15) is 24.4 Å². The third-order valence-corrected chi connectivity index (χ3v) is 3.49. The van der Waals surface area contributed by atoms with E-state index < -0.39 is 64.9 Å². The summed E-state index contributed by atoms with van der Waals surface area (Å²) in [7, 11) is 0. The number of rotatable bonds is 5. The number of aliphatic hydroxyl groups is 5. The fourth-order valence-electron chi connectivity index (χ4n) is 2.30. The molecule has 1 aromatic rings. The summed E-state index contributed by atoms with van der Waals surface area (Å²) in [6.45, 7) is -0.896. The van der Waals surface area contributed by atoms with Crippen LogP contribution in [0.25, 0.3) is 0 Å². The molecule has 0 aromatic carbocycles. The van der Waals surface area contributed by atoms with Crippen LogP contribution in [0.1, 0.15) is 6.23 Å². The highest BCUT2D eigenvalue weighted by Gasteiger charge is 2.44. The van der Waals surface area contributed by atoms with Gasteiger partial charge in [-0.25, -0.2) is 9.36 Å². The molecule has 5 atom stereocenters. The molecule has 0 unspecified atom stereocenters. The van der Waals surface area contributed by atoms with E-state index in [0.29, 0.717) is 4.57 Å². The van der Waals surface area contributed by atoms with Crippen LogP contribution in [0.2, 0.25) is 0 Å². The number of nitrogens with zero attached hydrogens (tertiary/aromatic N) is 2. The summed E-state index contributed by atoms with van der Waals surface area (Å²) < 4.78 is 0.436. The lowest BCUT2D eigenvalue weighted by Crippen LogP contribution is -2.49. The van der Waals surface area contributed by atoms with Gasteiger partial charge in [0.25, 0.3) is 0 Å². The van der Waals surface area contributed by atoms with E-state index >= 15 is 0 Å². The molecule has 13 nitrogen and oxygen atoms in total. The zero-order valence-corrected chi connectivity index (χ0v) is 11.4. The van der Waals surface area contributed by atoms with Crippen molar-refractivity contribution in [3.63, 3.8) is 0 Å². The first-order valence-electron chi connectivity index (χ1n) is 6.33. The molecule has 0 amide bonds. The maximum absolute atomic E-state index is 11.7. The Balaban J connectivity index is 2.47. The minimum absolute atomic E-state index is 0.436. The summed E-state index contributed by atoms with van der Waals surface area (Å²) in [5, 5.41) is 60.8. The van der Waals surface area contributed by atoms with Crippen LogP contribution in [-0.2, 0) is 0 Å². The Bertz CT molecular complexity index is 728. The average Bonchev–Trinajstić information content (AvgIpc) is 2.82. The number of H-pyrrole nitrogens is 1. The Hall–Kier alpha value is -2.32. The van der Waals surface area contributed by atoms with Crippen molar-refractivity contribution in [1.82, 2.24) is 9.55 Å². The SMILES string of the molecule is O=c1[nH]c(=O)n2c(c1[N+](=O)[O-])N[C@@H]([C@H](O)[C@@H](O)[C@@H](O)CO)[C@H]2O. The lowest BCUT2D eigenvalue weighted by molar-refractivity contribution is -0.385. The van der Waals surface area contributed by atoms with Gasteiger partial charge in [0.2, 0.25) is 0 Å². The topological polar surface area (TPSA) is 211 Å². The lowest BCUT2D eigenvalue weighted by Gasteiger charge is -2.27. The van der Waals surface area contributed by atoms with Crippen LogP contribution >= 0.6 is 0 Å². The average molecular weight is 334 g/mol. The summed E-state index contributed by atoms with van der Waals surface area (Å²) >= 11 is 0. The number of nitrogens with one attached hydrogen (secondary N) is 2. The molecule has 2 heterocycles. The maximum Gasteiger partial charge on any atom is 0.374 e. The highest BCUT2D eigenvalue weighted by Crippen LogP contribution is 2.32. The monoisotopic (exact) mass is 334 g/mol. The highest BCUT2D eigenvalue weighted by atomic mass is 16.6. The number of aromatic nitrogens is 2. The third-order valence-electron chi connectivity index (χ3n) is 3.49. The number of aliphatic hydroxyl groups excluding tert-OH is 5. The summed E-state index contributed by atoms with van der Waals surface area (Å²) in [5.74, 6) is -0.647. The van der Waals surface area contributed by atoms with Gasteiger partial charge in [0.15, 0.2) is 12.0 Å². The van der Waals surface area contributed by atoms with E-state index in [1.807, 2.05) is 0 Å². The smallest absolute Gasteiger partial charge is 0.374 e. The molecule has 0 bridgehead atoms. The zero-order chi connectivity index (χ0) is 17.5.